The molecule has 3 rings (SSSR count). The molecular formula is C21H19Cl2N3O5S. The van der Waals surface area contributed by atoms with Crippen LogP contribution in [0.25, 0.3) is 0 Å². The SMILES string of the molecule is Cc1ccc(NS(=O)(=O)c2ccc(Cl)c(C(=O)NCC(=O)NCc3ccco3)c2)cc1Cl. The highest BCUT2D eigenvalue weighted by Crippen LogP contribution is 2.25. The highest BCUT2D eigenvalue weighted by Gasteiger charge is 2.20. The molecule has 0 fully saturated rings. The van der Waals surface area contributed by atoms with Crippen molar-refractivity contribution in [3.05, 3.63) is 81.7 Å². The second kappa shape index (κ2) is 10.1. The maximum Gasteiger partial charge on any atom is 0.261 e. The molecule has 0 aliphatic heterocycles. The topological polar surface area (TPSA) is 118 Å². The minimum atomic E-state index is -4.02. The molecule has 1 heterocycles. The number of amides is 2. The van der Waals surface area contributed by atoms with Gasteiger partial charge in [-0.1, -0.05) is 29.3 Å². The Morgan fingerprint density at radius 1 is 1.00 bits per heavy atom. The van der Waals surface area contributed by atoms with E-state index in [9.17, 15) is 18.0 Å². The van der Waals surface area contributed by atoms with Gasteiger partial charge in [0, 0.05) is 5.02 Å². The molecule has 0 aliphatic rings. The Morgan fingerprint density at radius 2 is 1.78 bits per heavy atom. The number of halogens is 2. The van der Waals surface area contributed by atoms with E-state index in [0.717, 1.165) is 11.6 Å². The molecule has 3 N–H and O–H groups in total. The molecule has 8 nitrogen and oxygen atoms in total. The highest BCUT2D eigenvalue weighted by molar-refractivity contribution is 7.92. The molecule has 11 heteroatoms. The van der Waals surface area contributed by atoms with Crippen molar-refractivity contribution in [1.82, 2.24) is 10.6 Å². The number of furan rings is 1. The quantitative estimate of drug-likeness (QED) is 0.439. The lowest BCUT2D eigenvalue weighted by Crippen LogP contribution is -2.36. The van der Waals surface area contributed by atoms with Crippen molar-refractivity contribution >= 4 is 50.7 Å². The van der Waals surface area contributed by atoms with E-state index in [4.69, 9.17) is 27.6 Å². The van der Waals surface area contributed by atoms with E-state index in [1.54, 1.807) is 31.2 Å². The smallest absolute Gasteiger partial charge is 0.261 e. The van der Waals surface area contributed by atoms with Gasteiger partial charge in [-0.2, -0.15) is 0 Å². The molecule has 0 spiro atoms. The molecule has 32 heavy (non-hydrogen) atoms. The summed E-state index contributed by atoms with van der Waals surface area (Å²) in [7, 11) is -4.02. The first-order chi connectivity index (χ1) is 15.2. The van der Waals surface area contributed by atoms with Crippen molar-refractivity contribution in [1.29, 1.82) is 0 Å². The fourth-order valence-corrected chi connectivity index (χ4v) is 4.09. The van der Waals surface area contributed by atoms with Crippen molar-refractivity contribution in [2.24, 2.45) is 0 Å². The second-order valence-electron chi connectivity index (χ2n) is 6.75. The first kappa shape index (κ1) is 23.6. The van der Waals surface area contributed by atoms with Gasteiger partial charge >= 0.3 is 0 Å². The summed E-state index contributed by atoms with van der Waals surface area (Å²) >= 11 is 12.1. The molecule has 1 aromatic heterocycles. The molecule has 0 aliphatic carbocycles. The van der Waals surface area contributed by atoms with Gasteiger partial charge in [-0.25, -0.2) is 8.42 Å². The van der Waals surface area contributed by atoms with Gasteiger partial charge in [0.2, 0.25) is 5.91 Å². The van der Waals surface area contributed by atoms with Crippen LogP contribution in [0, 0.1) is 6.92 Å². The lowest BCUT2D eigenvalue weighted by molar-refractivity contribution is -0.120. The van der Waals surface area contributed by atoms with Crippen molar-refractivity contribution in [2.45, 2.75) is 18.4 Å². The summed E-state index contributed by atoms with van der Waals surface area (Å²) in [4.78, 5) is 24.2. The van der Waals surface area contributed by atoms with Crippen LogP contribution in [0.2, 0.25) is 10.0 Å². The zero-order valence-corrected chi connectivity index (χ0v) is 19.1. The number of anilines is 1. The maximum absolute atomic E-state index is 12.7. The number of aryl methyl sites for hydroxylation is 1. The summed E-state index contributed by atoms with van der Waals surface area (Å²) in [5.41, 5.74) is 0.985. The molecule has 0 bridgehead atoms. The van der Waals surface area contributed by atoms with Crippen molar-refractivity contribution < 1.29 is 22.4 Å². The number of sulfonamides is 1. The molecule has 2 amide bonds. The molecule has 168 valence electrons. The number of benzene rings is 2. The summed E-state index contributed by atoms with van der Waals surface area (Å²) in [6.07, 6.45) is 1.48. The minimum Gasteiger partial charge on any atom is -0.467 e. The summed E-state index contributed by atoms with van der Waals surface area (Å²) in [6, 6.07) is 11.8. The molecule has 2 aromatic carbocycles. The van der Waals surface area contributed by atoms with E-state index in [1.807, 2.05) is 0 Å². The van der Waals surface area contributed by atoms with Gasteiger partial charge in [-0.3, -0.25) is 14.3 Å². The Kier molecular flexibility index (Phi) is 7.44. The molecule has 0 saturated heterocycles. The Hall–Kier alpha value is -3.01. The monoisotopic (exact) mass is 495 g/mol. The van der Waals surface area contributed by atoms with Crippen LogP contribution in [0.4, 0.5) is 5.69 Å². The summed E-state index contributed by atoms with van der Waals surface area (Å²) < 4.78 is 33.0. The predicted octanol–water partition coefficient (Wildman–Crippen LogP) is 3.74. The van der Waals surface area contributed by atoms with Crippen LogP contribution in [0.15, 0.2) is 64.1 Å². The van der Waals surface area contributed by atoms with Gasteiger partial charge in [0.15, 0.2) is 0 Å². The Bertz CT molecular complexity index is 1240. The normalized spacial score (nSPS) is 11.1. The first-order valence-electron chi connectivity index (χ1n) is 9.31. The zero-order valence-electron chi connectivity index (χ0n) is 16.8. The Morgan fingerprint density at radius 3 is 2.47 bits per heavy atom. The van der Waals surface area contributed by atoms with Crippen LogP contribution in [0.1, 0.15) is 21.7 Å². The standard InChI is InChI=1S/C21H19Cl2N3O5S/c1-13-4-5-14(9-19(13)23)26-32(29,30)16-6-7-18(22)17(10-16)21(28)25-12-20(27)24-11-15-3-2-8-31-15/h2-10,26H,11-12H2,1H3,(H,24,27)(H,25,28). The third kappa shape index (κ3) is 6.03. The number of nitrogens with one attached hydrogen (secondary N) is 3. The minimum absolute atomic E-state index is 0.0378. The van der Waals surface area contributed by atoms with Crippen molar-refractivity contribution in [2.75, 3.05) is 11.3 Å². The highest BCUT2D eigenvalue weighted by atomic mass is 35.5. The molecule has 0 saturated carbocycles. The van der Waals surface area contributed by atoms with Crippen LogP contribution < -0.4 is 15.4 Å². The fraction of sp³-hybridized carbons (Fsp3) is 0.143. The fourth-order valence-electron chi connectivity index (χ4n) is 2.63. The molecular weight excluding hydrogens is 477 g/mol. The van der Waals surface area contributed by atoms with E-state index in [0.29, 0.717) is 10.8 Å². The number of rotatable bonds is 8. The number of hydrogen-bond donors (Lipinski definition) is 3. The van der Waals surface area contributed by atoms with Crippen LogP contribution >= 0.6 is 23.2 Å². The van der Waals surface area contributed by atoms with E-state index < -0.39 is 21.8 Å². The molecule has 0 radical (unpaired) electrons. The number of carbonyl (C=O) groups is 2. The van der Waals surface area contributed by atoms with Crippen LogP contribution in [-0.4, -0.2) is 26.8 Å². The predicted molar refractivity (Wildman–Crippen MR) is 121 cm³/mol. The van der Waals surface area contributed by atoms with Crippen LogP contribution in [0.3, 0.4) is 0 Å². The summed E-state index contributed by atoms with van der Waals surface area (Å²) in [6.45, 7) is 1.64. The van der Waals surface area contributed by atoms with E-state index in [1.165, 1.54) is 24.5 Å². The van der Waals surface area contributed by atoms with Crippen LogP contribution in [0.5, 0.6) is 0 Å². The number of carbonyl (C=O) groups excluding carboxylic acids is 2. The molecule has 0 unspecified atom stereocenters. The molecule has 0 atom stereocenters. The third-order valence-corrected chi connectivity index (χ3v) is 6.48. The van der Waals surface area contributed by atoms with Gasteiger partial charge in [0.1, 0.15) is 5.76 Å². The molecule has 3 aromatic rings. The number of hydrogen-bond acceptors (Lipinski definition) is 5. The van der Waals surface area contributed by atoms with Gasteiger partial charge < -0.3 is 15.1 Å². The average molecular weight is 496 g/mol. The van der Waals surface area contributed by atoms with Gasteiger partial charge in [-0.15, -0.1) is 0 Å². The van der Waals surface area contributed by atoms with Gasteiger partial charge in [-0.05, 0) is 55.0 Å². The van der Waals surface area contributed by atoms with E-state index >= 15 is 0 Å². The van der Waals surface area contributed by atoms with E-state index in [2.05, 4.69) is 15.4 Å². The maximum atomic E-state index is 12.7. The largest absolute Gasteiger partial charge is 0.467 e. The average Bonchev–Trinajstić information content (AvgIpc) is 3.27. The summed E-state index contributed by atoms with van der Waals surface area (Å²) in [5.74, 6) is -0.584. The lowest BCUT2D eigenvalue weighted by Gasteiger charge is -2.12. The first-order valence-corrected chi connectivity index (χ1v) is 11.6. The Labute approximate surface area is 195 Å². The van der Waals surface area contributed by atoms with Crippen molar-refractivity contribution in [3.63, 3.8) is 0 Å². The zero-order chi connectivity index (χ0) is 23.3. The van der Waals surface area contributed by atoms with Crippen molar-refractivity contribution in [3.8, 4) is 0 Å². The Balaban J connectivity index is 1.67. The van der Waals surface area contributed by atoms with E-state index in [-0.39, 0.29) is 34.3 Å². The van der Waals surface area contributed by atoms with Gasteiger partial charge in [0.25, 0.3) is 15.9 Å². The second-order valence-corrected chi connectivity index (χ2v) is 9.25. The third-order valence-electron chi connectivity index (χ3n) is 4.37. The lowest BCUT2D eigenvalue weighted by atomic mass is 10.2. The summed E-state index contributed by atoms with van der Waals surface area (Å²) in [5, 5.41) is 5.44. The van der Waals surface area contributed by atoms with Crippen LogP contribution in [-0.2, 0) is 21.4 Å². The van der Waals surface area contributed by atoms with Gasteiger partial charge in [0.05, 0.1) is 40.5 Å².